The number of unbranched alkanes of at least 4 members (excludes halogenated alkanes) is 2. The average Bonchev–Trinajstić information content (AvgIpc) is 3.24. The summed E-state index contributed by atoms with van der Waals surface area (Å²) < 4.78 is 10.1. The number of carbonyl (C=O) groups excluding carboxylic acids is 3. The van der Waals surface area contributed by atoms with Crippen LogP contribution in [-0.4, -0.2) is 41.7 Å². The van der Waals surface area contributed by atoms with Crippen LogP contribution in [0.5, 0.6) is 0 Å². The molecule has 0 spiro atoms. The molecule has 0 radical (unpaired) electrons. The van der Waals surface area contributed by atoms with E-state index in [4.69, 9.17) is 9.47 Å². The molecule has 33 heavy (non-hydrogen) atoms. The smallest absolute Gasteiger partial charge is 0.407 e. The van der Waals surface area contributed by atoms with Gasteiger partial charge in [0.25, 0.3) is 0 Å². The summed E-state index contributed by atoms with van der Waals surface area (Å²) in [6, 6.07) is 7.71. The number of amides is 2. The largest absolute Gasteiger partial charge is 0.461 e. The van der Waals surface area contributed by atoms with Gasteiger partial charge in [0.1, 0.15) is 10.6 Å². The van der Waals surface area contributed by atoms with Crippen LogP contribution in [0.4, 0.5) is 4.79 Å². The maximum Gasteiger partial charge on any atom is 0.407 e. The first-order valence-electron chi connectivity index (χ1n) is 11.1. The summed E-state index contributed by atoms with van der Waals surface area (Å²) in [5.74, 6) is -0.420. The zero-order valence-electron chi connectivity index (χ0n) is 19.7. The molecule has 0 atom stereocenters. The number of esters is 1. The first-order chi connectivity index (χ1) is 15.7. The van der Waals surface area contributed by atoms with Gasteiger partial charge < -0.3 is 20.1 Å². The Morgan fingerprint density at radius 3 is 2.42 bits per heavy atom. The molecule has 0 fully saturated rings. The summed E-state index contributed by atoms with van der Waals surface area (Å²) in [5.41, 5.74) is 1.70. The number of nitrogens with one attached hydrogen (secondary N) is 2. The summed E-state index contributed by atoms with van der Waals surface area (Å²) in [7, 11) is 0. The van der Waals surface area contributed by atoms with Crippen molar-refractivity contribution in [1.29, 1.82) is 0 Å². The Hall–Kier alpha value is -2.94. The summed E-state index contributed by atoms with van der Waals surface area (Å²) in [6.07, 6.45) is 2.43. The molecule has 180 valence electrons. The molecule has 9 heteroatoms. The van der Waals surface area contributed by atoms with Gasteiger partial charge in [0.15, 0.2) is 5.69 Å². The van der Waals surface area contributed by atoms with Crippen molar-refractivity contribution in [3.05, 3.63) is 40.9 Å². The van der Waals surface area contributed by atoms with Crippen LogP contribution in [0.15, 0.2) is 29.6 Å². The van der Waals surface area contributed by atoms with Crippen LogP contribution in [-0.2, 0) is 20.8 Å². The Kier molecular flexibility index (Phi) is 10.3. The van der Waals surface area contributed by atoms with Gasteiger partial charge >= 0.3 is 12.1 Å². The molecule has 8 nitrogen and oxygen atoms in total. The molecule has 0 unspecified atom stereocenters. The van der Waals surface area contributed by atoms with E-state index in [1.54, 1.807) is 12.3 Å². The summed E-state index contributed by atoms with van der Waals surface area (Å²) in [6.45, 7) is 8.53. The minimum Gasteiger partial charge on any atom is -0.461 e. The van der Waals surface area contributed by atoms with Crippen LogP contribution in [0.25, 0.3) is 10.6 Å². The van der Waals surface area contributed by atoms with Gasteiger partial charge in [-0.25, -0.2) is 14.6 Å². The van der Waals surface area contributed by atoms with Gasteiger partial charge in [-0.3, -0.25) is 4.79 Å². The maximum atomic E-state index is 12.1. The number of hydrogen-bond acceptors (Lipinski definition) is 7. The molecule has 0 aliphatic carbocycles. The Labute approximate surface area is 199 Å². The number of hydrogen-bond donors (Lipinski definition) is 2. The predicted octanol–water partition coefficient (Wildman–Crippen LogP) is 4.69. The highest BCUT2D eigenvalue weighted by Crippen LogP contribution is 2.24. The zero-order chi connectivity index (χ0) is 24.3. The van der Waals surface area contributed by atoms with Crippen molar-refractivity contribution in [3.63, 3.8) is 0 Å². The topological polar surface area (TPSA) is 107 Å². The van der Waals surface area contributed by atoms with Crippen molar-refractivity contribution >= 4 is 29.3 Å². The van der Waals surface area contributed by atoms with Crippen molar-refractivity contribution in [2.45, 2.75) is 65.5 Å². The Morgan fingerprint density at radius 2 is 1.76 bits per heavy atom. The van der Waals surface area contributed by atoms with Gasteiger partial charge in [-0.15, -0.1) is 11.3 Å². The molecule has 2 aromatic rings. The monoisotopic (exact) mass is 475 g/mol. The van der Waals surface area contributed by atoms with Gasteiger partial charge in [-0.05, 0) is 46.1 Å². The summed E-state index contributed by atoms with van der Waals surface area (Å²) in [5, 5.41) is 8.07. The van der Waals surface area contributed by atoms with Gasteiger partial charge in [0.2, 0.25) is 5.91 Å². The number of benzene rings is 1. The molecular formula is C24H33N3O5S. The highest BCUT2D eigenvalue weighted by Gasteiger charge is 2.15. The molecule has 0 saturated heterocycles. The quantitative estimate of drug-likeness (QED) is 0.361. The molecular weight excluding hydrogens is 442 g/mol. The van der Waals surface area contributed by atoms with E-state index in [9.17, 15) is 14.4 Å². The van der Waals surface area contributed by atoms with Crippen LogP contribution < -0.4 is 10.6 Å². The number of alkyl carbamates (subject to hydrolysis) is 1. The molecule has 2 amide bonds. The third kappa shape index (κ3) is 10.0. The van der Waals surface area contributed by atoms with Gasteiger partial charge in [-0.2, -0.15) is 0 Å². The second kappa shape index (κ2) is 12.9. The molecule has 2 N–H and O–H groups in total. The summed E-state index contributed by atoms with van der Waals surface area (Å²) in [4.78, 5) is 39.7. The molecule has 1 aromatic heterocycles. The first kappa shape index (κ1) is 26.3. The number of rotatable bonds is 11. The van der Waals surface area contributed by atoms with Crippen LogP contribution >= 0.6 is 11.3 Å². The highest BCUT2D eigenvalue weighted by molar-refractivity contribution is 7.13. The molecule has 2 rings (SSSR count). The van der Waals surface area contributed by atoms with Crippen LogP contribution in [0.2, 0.25) is 0 Å². The van der Waals surface area contributed by atoms with Crippen molar-refractivity contribution in [3.8, 4) is 10.6 Å². The Balaban J connectivity index is 1.64. The lowest BCUT2D eigenvalue weighted by Crippen LogP contribution is -2.33. The zero-order valence-corrected chi connectivity index (χ0v) is 20.5. The normalized spacial score (nSPS) is 11.0. The number of ether oxygens (including phenoxy) is 2. The van der Waals surface area contributed by atoms with E-state index in [1.807, 2.05) is 45.0 Å². The molecule has 1 aromatic carbocycles. The van der Waals surface area contributed by atoms with Gasteiger partial charge in [-0.1, -0.05) is 30.7 Å². The van der Waals surface area contributed by atoms with E-state index >= 15 is 0 Å². The van der Waals surface area contributed by atoms with Crippen LogP contribution in [0.1, 0.15) is 69.4 Å². The Morgan fingerprint density at radius 1 is 1.03 bits per heavy atom. The van der Waals surface area contributed by atoms with E-state index in [0.29, 0.717) is 31.8 Å². The fraction of sp³-hybridized carbons (Fsp3) is 0.500. The van der Waals surface area contributed by atoms with E-state index in [0.717, 1.165) is 35.4 Å². The number of carbonyl (C=O) groups is 3. The molecule has 0 bridgehead atoms. The van der Waals surface area contributed by atoms with Gasteiger partial charge in [0, 0.05) is 30.5 Å². The minimum atomic E-state index is -0.503. The third-order valence-electron chi connectivity index (χ3n) is 4.43. The number of thiazole rings is 1. The second-order valence-electron chi connectivity index (χ2n) is 8.47. The lowest BCUT2D eigenvalue weighted by molar-refractivity contribution is -0.121. The standard InChI is InChI=1S/C24H33N3O5S/c1-5-31-22(29)19-16-33-21(27-19)18-12-10-17(11-13-18)15-26-20(28)9-7-6-8-14-25-23(30)32-24(2,3)4/h10-13,16H,5-9,14-15H2,1-4H3,(H,25,30)(H,26,28). The number of aromatic nitrogens is 1. The molecule has 0 aliphatic heterocycles. The van der Waals surface area contributed by atoms with Crippen molar-refractivity contribution in [2.24, 2.45) is 0 Å². The third-order valence-corrected chi connectivity index (χ3v) is 5.32. The number of nitrogens with zero attached hydrogens (tertiary/aromatic N) is 1. The van der Waals surface area contributed by atoms with Gasteiger partial charge in [0.05, 0.1) is 6.61 Å². The van der Waals surface area contributed by atoms with E-state index in [1.165, 1.54) is 11.3 Å². The lowest BCUT2D eigenvalue weighted by atomic mass is 10.1. The maximum absolute atomic E-state index is 12.1. The summed E-state index contributed by atoms with van der Waals surface area (Å²) >= 11 is 1.39. The fourth-order valence-corrected chi connectivity index (χ4v) is 3.65. The minimum absolute atomic E-state index is 0.00169. The first-order valence-corrected chi connectivity index (χ1v) is 12.0. The molecule has 1 heterocycles. The van der Waals surface area contributed by atoms with E-state index in [2.05, 4.69) is 15.6 Å². The van der Waals surface area contributed by atoms with Crippen LogP contribution in [0.3, 0.4) is 0 Å². The molecule has 0 saturated carbocycles. The molecule has 0 aliphatic rings. The predicted molar refractivity (Wildman–Crippen MR) is 128 cm³/mol. The second-order valence-corrected chi connectivity index (χ2v) is 9.33. The fourth-order valence-electron chi connectivity index (χ4n) is 2.85. The highest BCUT2D eigenvalue weighted by atomic mass is 32.1. The Bertz CT molecular complexity index is 919. The van der Waals surface area contributed by atoms with E-state index in [-0.39, 0.29) is 5.91 Å². The van der Waals surface area contributed by atoms with Crippen molar-refractivity contribution in [1.82, 2.24) is 15.6 Å². The van der Waals surface area contributed by atoms with Crippen LogP contribution in [0, 0.1) is 0 Å². The van der Waals surface area contributed by atoms with Crippen molar-refractivity contribution < 1.29 is 23.9 Å². The SMILES string of the molecule is CCOC(=O)c1csc(-c2ccc(CNC(=O)CCCCCNC(=O)OC(C)(C)C)cc2)n1. The average molecular weight is 476 g/mol. The van der Waals surface area contributed by atoms with E-state index < -0.39 is 17.7 Å². The lowest BCUT2D eigenvalue weighted by Gasteiger charge is -2.19. The van der Waals surface area contributed by atoms with Crippen molar-refractivity contribution in [2.75, 3.05) is 13.2 Å².